The van der Waals surface area contributed by atoms with Gasteiger partial charge >= 0.3 is 5.97 Å². The van der Waals surface area contributed by atoms with Crippen molar-refractivity contribution < 1.29 is 24.3 Å². The Kier molecular flexibility index (Phi) is 11.6. The molecule has 3 amide bonds. The largest absolute Gasteiger partial charge is 0.480 e. The van der Waals surface area contributed by atoms with Gasteiger partial charge in [0.1, 0.15) is 18.1 Å². The van der Waals surface area contributed by atoms with E-state index in [2.05, 4.69) is 16.0 Å². The zero-order valence-electron chi connectivity index (χ0n) is 20.1. The van der Waals surface area contributed by atoms with Gasteiger partial charge in [0.2, 0.25) is 17.7 Å². The first-order chi connectivity index (χ1) is 15.5. The molecule has 5 unspecified atom stereocenters. The monoisotopic (exact) mass is 462 g/mol. The van der Waals surface area contributed by atoms with Crippen LogP contribution in [0.15, 0.2) is 30.3 Å². The van der Waals surface area contributed by atoms with Gasteiger partial charge in [-0.1, -0.05) is 64.4 Å². The molecule has 0 fully saturated rings. The van der Waals surface area contributed by atoms with Crippen LogP contribution in [0.25, 0.3) is 0 Å². The maximum Gasteiger partial charge on any atom is 0.326 e. The van der Waals surface area contributed by atoms with E-state index in [1.807, 2.05) is 51.1 Å². The van der Waals surface area contributed by atoms with Crippen molar-refractivity contribution in [2.45, 2.75) is 78.0 Å². The van der Waals surface area contributed by atoms with E-state index in [9.17, 15) is 24.3 Å². The average Bonchev–Trinajstić information content (AvgIpc) is 2.76. The maximum absolute atomic E-state index is 12.8. The lowest BCUT2D eigenvalue weighted by Crippen LogP contribution is -2.57. The lowest BCUT2D eigenvalue weighted by atomic mass is 9.97. The summed E-state index contributed by atoms with van der Waals surface area (Å²) < 4.78 is 0. The predicted molar refractivity (Wildman–Crippen MR) is 126 cm³/mol. The predicted octanol–water partition coefficient (Wildman–Crippen LogP) is 1.21. The molecular formula is C24H38N4O5. The quantitative estimate of drug-likeness (QED) is 0.297. The summed E-state index contributed by atoms with van der Waals surface area (Å²) in [5.74, 6) is -2.92. The molecule has 0 aromatic heterocycles. The molecule has 9 nitrogen and oxygen atoms in total. The van der Waals surface area contributed by atoms with Crippen molar-refractivity contribution in [2.75, 3.05) is 0 Å². The van der Waals surface area contributed by atoms with E-state index in [0.29, 0.717) is 19.3 Å². The van der Waals surface area contributed by atoms with Crippen molar-refractivity contribution in [1.29, 1.82) is 0 Å². The molecule has 9 heteroatoms. The van der Waals surface area contributed by atoms with Crippen LogP contribution in [0.5, 0.6) is 0 Å². The van der Waals surface area contributed by atoms with Crippen LogP contribution in [-0.4, -0.2) is 53.0 Å². The van der Waals surface area contributed by atoms with Crippen molar-refractivity contribution in [3.63, 3.8) is 0 Å². The average molecular weight is 463 g/mol. The molecule has 0 saturated heterocycles. The second-order valence-electron chi connectivity index (χ2n) is 8.93. The van der Waals surface area contributed by atoms with Crippen molar-refractivity contribution in [3.8, 4) is 0 Å². The zero-order chi connectivity index (χ0) is 25.1. The highest BCUT2D eigenvalue weighted by atomic mass is 16.4. The van der Waals surface area contributed by atoms with Gasteiger partial charge < -0.3 is 26.8 Å². The summed E-state index contributed by atoms with van der Waals surface area (Å²) in [5, 5.41) is 17.2. The molecule has 0 saturated carbocycles. The minimum absolute atomic E-state index is 0.0668. The molecular weight excluding hydrogens is 424 g/mol. The lowest BCUT2D eigenvalue weighted by molar-refractivity contribution is -0.144. The number of hydrogen-bond donors (Lipinski definition) is 5. The topological polar surface area (TPSA) is 151 Å². The van der Waals surface area contributed by atoms with Crippen LogP contribution in [0, 0.1) is 11.8 Å². The van der Waals surface area contributed by atoms with E-state index in [4.69, 9.17) is 5.73 Å². The SMILES string of the molecule is CCC(C)C(NC(=O)C(CC(C)C)NC(=O)C(C)NC(=O)C(N)Cc1ccccc1)C(=O)O. The molecule has 0 radical (unpaired) electrons. The third-order valence-corrected chi connectivity index (χ3v) is 5.50. The van der Waals surface area contributed by atoms with Crippen molar-refractivity contribution in [2.24, 2.45) is 17.6 Å². The van der Waals surface area contributed by atoms with E-state index in [0.717, 1.165) is 5.56 Å². The van der Waals surface area contributed by atoms with Gasteiger partial charge in [0.05, 0.1) is 6.04 Å². The number of carbonyl (C=O) groups excluding carboxylic acids is 3. The van der Waals surface area contributed by atoms with E-state index in [-0.39, 0.29) is 11.8 Å². The van der Waals surface area contributed by atoms with E-state index in [1.165, 1.54) is 6.92 Å². The minimum Gasteiger partial charge on any atom is -0.480 e. The minimum atomic E-state index is -1.12. The van der Waals surface area contributed by atoms with Crippen molar-refractivity contribution >= 4 is 23.7 Å². The number of carboxylic acid groups (broad SMARTS) is 1. The fourth-order valence-corrected chi connectivity index (χ4v) is 3.28. The smallest absolute Gasteiger partial charge is 0.326 e. The zero-order valence-corrected chi connectivity index (χ0v) is 20.1. The summed E-state index contributed by atoms with van der Waals surface area (Å²) in [6, 6.07) is 5.56. The van der Waals surface area contributed by atoms with Gasteiger partial charge in [0.25, 0.3) is 0 Å². The number of carbonyl (C=O) groups is 4. The second kappa shape index (κ2) is 13.6. The van der Waals surface area contributed by atoms with Crippen LogP contribution in [0.2, 0.25) is 0 Å². The number of carboxylic acids is 1. The Morgan fingerprint density at radius 1 is 0.909 bits per heavy atom. The molecule has 1 rings (SSSR count). The van der Waals surface area contributed by atoms with Crippen LogP contribution < -0.4 is 21.7 Å². The fourth-order valence-electron chi connectivity index (χ4n) is 3.28. The van der Waals surface area contributed by atoms with Crippen LogP contribution in [0.3, 0.4) is 0 Å². The highest BCUT2D eigenvalue weighted by Crippen LogP contribution is 2.11. The number of aliphatic carboxylic acids is 1. The molecule has 0 aliphatic carbocycles. The molecule has 33 heavy (non-hydrogen) atoms. The third kappa shape index (κ3) is 9.61. The number of amides is 3. The van der Waals surface area contributed by atoms with Gasteiger partial charge in [-0.3, -0.25) is 14.4 Å². The number of nitrogens with two attached hydrogens (primary N) is 1. The Labute approximate surface area is 195 Å². The highest BCUT2D eigenvalue weighted by Gasteiger charge is 2.31. The lowest BCUT2D eigenvalue weighted by Gasteiger charge is -2.26. The van der Waals surface area contributed by atoms with Gasteiger partial charge in [0.15, 0.2) is 0 Å². The normalized spacial score (nSPS) is 15.6. The number of nitrogens with one attached hydrogen (secondary N) is 3. The standard InChI is InChI=1S/C24H38N4O5/c1-6-15(4)20(24(32)33)28-23(31)19(12-14(2)3)27-21(29)16(5)26-22(30)18(25)13-17-10-8-7-9-11-17/h7-11,14-16,18-20H,6,12-13,25H2,1-5H3,(H,26,30)(H,27,29)(H,28,31)(H,32,33). The Bertz CT molecular complexity index is 799. The summed E-state index contributed by atoms with van der Waals surface area (Å²) >= 11 is 0. The Morgan fingerprint density at radius 2 is 1.52 bits per heavy atom. The van der Waals surface area contributed by atoms with Crippen LogP contribution in [0.1, 0.15) is 53.0 Å². The fraction of sp³-hybridized carbons (Fsp3) is 0.583. The van der Waals surface area contributed by atoms with Crippen LogP contribution in [0.4, 0.5) is 0 Å². The Morgan fingerprint density at radius 3 is 2.03 bits per heavy atom. The Hall–Kier alpha value is -2.94. The van der Waals surface area contributed by atoms with Gasteiger partial charge in [-0.2, -0.15) is 0 Å². The molecule has 0 aliphatic rings. The van der Waals surface area contributed by atoms with Gasteiger partial charge in [0, 0.05) is 0 Å². The molecule has 1 aromatic rings. The summed E-state index contributed by atoms with van der Waals surface area (Å²) in [4.78, 5) is 49.5. The first-order valence-corrected chi connectivity index (χ1v) is 11.4. The third-order valence-electron chi connectivity index (χ3n) is 5.50. The molecule has 0 spiro atoms. The van der Waals surface area contributed by atoms with Gasteiger partial charge in [-0.15, -0.1) is 0 Å². The first kappa shape index (κ1) is 28.1. The van der Waals surface area contributed by atoms with Crippen molar-refractivity contribution in [3.05, 3.63) is 35.9 Å². The Balaban J connectivity index is 2.76. The molecule has 6 N–H and O–H groups in total. The van der Waals surface area contributed by atoms with Gasteiger partial charge in [-0.05, 0) is 37.2 Å². The summed E-state index contributed by atoms with van der Waals surface area (Å²) in [5.41, 5.74) is 6.88. The molecule has 0 heterocycles. The molecule has 184 valence electrons. The summed E-state index contributed by atoms with van der Waals surface area (Å²) in [6.07, 6.45) is 1.22. The molecule has 1 aromatic carbocycles. The van der Waals surface area contributed by atoms with E-state index in [1.54, 1.807) is 6.92 Å². The molecule has 0 aliphatic heterocycles. The number of rotatable bonds is 13. The number of benzene rings is 1. The summed E-state index contributed by atoms with van der Waals surface area (Å²) in [6.45, 7) is 8.87. The first-order valence-electron chi connectivity index (χ1n) is 11.4. The second-order valence-corrected chi connectivity index (χ2v) is 8.93. The van der Waals surface area contributed by atoms with Gasteiger partial charge in [-0.25, -0.2) is 4.79 Å². The van der Waals surface area contributed by atoms with E-state index >= 15 is 0 Å². The highest BCUT2D eigenvalue weighted by molar-refractivity contribution is 5.94. The van der Waals surface area contributed by atoms with Crippen LogP contribution >= 0.6 is 0 Å². The van der Waals surface area contributed by atoms with Crippen LogP contribution in [-0.2, 0) is 25.6 Å². The van der Waals surface area contributed by atoms with Crippen molar-refractivity contribution in [1.82, 2.24) is 16.0 Å². The van der Waals surface area contributed by atoms with E-state index < -0.39 is 47.9 Å². The summed E-state index contributed by atoms with van der Waals surface area (Å²) in [7, 11) is 0. The molecule has 0 bridgehead atoms. The molecule has 5 atom stereocenters. The maximum atomic E-state index is 12.8. The number of hydrogen-bond acceptors (Lipinski definition) is 5.